The minimum Gasteiger partial charge on any atom is -0.497 e. The number of carboxylic acid groups (broad SMARTS) is 1. The third-order valence-electron chi connectivity index (χ3n) is 3.85. The van der Waals surface area contributed by atoms with Crippen molar-refractivity contribution in [3.63, 3.8) is 0 Å². The lowest BCUT2D eigenvalue weighted by atomic mass is 10.1. The number of methoxy groups -OCH3 is 1. The lowest BCUT2D eigenvalue weighted by Gasteiger charge is -2.16. The Hall–Kier alpha value is -2.50. The number of ether oxygens (including phenoxy) is 2. The van der Waals surface area contributed by atoms with Gasteiger partial charge in [0.15, 0.2) is 0 Å². The number of hydrogen-bond acceptors (Lipinski definition) is 4. The van der Waals surface area contributed by atoms with Gasteiger partial charge in [-0.15, -0.1) is 0 Å². The van der Waals surface area contributed by atoms with Crippen molar-refractivity contribution >= 4 is 5.97 Å². The molecular formula is C16H18N2O4. The number of aromatic carboxylic acids is 1. The van der Waals surface area contributed by atoms with E-state index in [1.165, 1.54) is 19.0 Å². The van der Waals surface area contributed by atoms with E-state index >= 15 is 0 Å². The molecule has 0 saturated heterocycles. The van der Waals surface area contributed by atoms with Crippen LogP contribution in [0.15, 0.2) is 24.4 Å². The van der Waals surface area contributed by atoms with Crippen molar-refractivity contribution in [2.75, 3.05) is 7.11 Å². The Labute approximate surface area is 128 Å². The molecule has 3 rings (SSSR count). The second-order valence-corrected chi connectivity index (χ2v) is 5.34. The van der Waals surface area contributed by atoms with Gasteiger partial charge < -0.3 is 19.6 Å². The molecule has 0 radical (unpaired) electrons. The largest absolute Gasteiger partial charge is 0.497 e. The normalized spacial score (nSPS) is 15.0. The summed E-state index contributed by atoms with van der Waals surface area (Å²) in [4.78, 5) is 17.9. The molecule has 1 aromatic carbocycles. The summed E-state index contributed by atoms with van der Waals surface area (Å²) in [6.45, 7) is 0. The molecule has 6 heteroatoms. The van der Waals surface area contributed by atoms with Crippen LogP contribution in [-0.4, -0.2) is 34.3 Å². The molecule has 0 atom stereocenters. The highest BCUT2D eigenvalue weighted by Crippen LogP contribution is 2.34. The number of carboxylic acids is 1. The highest BCUT2D eigenvalue weighted by atomic mass is 16.5. The molecule has 2 N–H and O–H groups in total. The van der Waals surface area contributed by atoms with Crippen LogP contribution in [0.25, 0.3) is 11.4 Å². The van der Waals surface area contributed by atoms with E-state index in [9.17, 15) is 4.79 Å². The maximum atomic E-state index is 11.0. The lowest BCUT2D eigenvalue weighted by Crippen LogP contribution is -2.11. The molecule has 0 amide bonds. The first-order chi connectivity index (χ1) is 10.7. The first kappa shape index (κ1) is 14.4. The topological polar surface area (TPSA) is 84.4 Å². The van der Waals surface area contributed by atoms with Crippen LogP contribution in [0.5, 0.6) is 11.5 Å². The predicted octanol–water partition coefficient (Wildman–Crippen LogP) is 3.10. The molecule has 0 bridgehead atoms. The molecule has 22 heavy (non-hydrogen) atoms. The summed E-state index contributed by atoms with van der Waals surface area (Å²) >= 11 is 0. The summed E-state index contributed by atoms with van der Waals surface area (Å²) in [5, 5.41) is 9.00. The van der Waals surface area contributed by atoms with E-state index in [2.05, 4.69) is 9.97 Å². The van der Waals surface area contributed by atoms with Gasteiger partial charge in [-0.05, 0) is 37.8 Å². The zero-order valence-corrected chi connectivity index (χ0v) is 12.3. The van der Waals surface area contributed by atoms with E-state index in [0.29, 0.717) is 17.3 Å². The van der Waals surface area contributed by atoms with Crippen molar-refractivity contribution in [2.24, 2.45) is 0 Å². The van der Waals surface area contributed by atoms with Gasteiger partial charge in [0.1, 0.15) is 23.0 Å². The fourth-order valence-electron chi connectivity index (χ4n) is 2.68. The van der Waals surface area contributed by atoms with Crippen LogP contribution in [0.2, 0.25) is 0 Å². The maximum Gasteiger partial charge on any atom is 0.353 e. The lowest BCUT2D eigenvalue weighted by molar-refractivity contribution is 0.0691. The molecule has 1 aromatic heterocycles. The number of carbonyl (C=O) groups is 1. The van der Waals surface area contributed by atoms with Crippen LogP contribution in [-0.2, 0) is 0 Å². The summed E-state index contributed by atoms with van der Waals surface area (Å²) < 4.78 is 11.3. The highest BCUT2D eigenvalue weighted by Gasteiger charge is 2.20. The van der Waals surface area contributed by atoms with Crippen molar-refractivity contribution in [3.05, 3.63) is 30.1 Å². The Kier molecular flexibility index (Phi) is 4.00. The number of imidazole rings is 1. The van der Waals surface area contributed by atoms with Gasteiger partial charge in [-0.2, -0.15) is 0 Å². The van der Waals surface area contributed by atoms with Gasteiger partial charge >= 0.3 is 5.97 Å². The molecule has 1 heterocycles. The van der Waals surface area contributed by atoms with Crippen molar-refractivity contribution in [3.8, 4) is 22.9 Å². The average Bonchev–Trinajstić information content (AvgIpc) is 3.18. The fraction of sp³-hybridized carbons (Fsp3) is 0.375. The van der Waals surface area contributed by atoms with E-state index in [1.54, 1.807) is 13.2 Å². The van der Waals surface area contributed by atoms with E-state index in [-0.39, 0.29) is 11.8 Å². The smallest absolute Gasteiger partial charge is 0.353 e. The van der Waals surface area contributed by atoms with Crippen molar-refractivity contribution < 1.29 is 19.4 Å². The summed E-state index contributed by atoms with van der Waals surface area (Å²) in [5.74, 6) is 0.804. The third kappa shape index (κ3) is 2.90. The summed E-state index contributed by atoms with van der Waals surface area (Å²) in [5.41, 5.74) is 0.790. The van der Waals surface area contributed by atoms with E-state index in [1.807, 2.05) is 12.1 Å². The summed E-state index contributed by atoms with van der Waals surface area (Å²) in [6, 6.07) is 5.45. The van der Waals surface area contributed by atoms with E-state index < -0.39 is 5.97 Å². The van der Waals surface area contributed by atoms with Gasteiger partial charge in [0, 0.05) is 6.07 Å². The number of rotatable bonds is 5. The molecule has 2 aromatic rings. The zero-order valence-electron chi connectivity index (χ0n) is 12.3. The minimum atomic E-state index is -1.04. The molecule has 116 valence electrons. The van der Waals surface area contributed by atoms with E-state index in [0.717, 1.165) is 18.4 Å². The number of nitrogens with one attached hydrogen (secondary N) is 1. The van der Waals surface area contributed by atoms with Crippen LogP contribution in [0, 0.1) is 0 Å². The number of H-pyrrole nitrogens is 1. The number of aromatic nitrogens is 2. The molecule has 0 aliphatic heterocycles. The van der Waals surface area contributed by atoms with Crippen LogP contribution < -0.4 is 9.47 Å². The van der Waals surface area contributed by atoms with Crippen LogP contribution in [0.3, 0.4) is 0 Å². The standard InChI is InChI=1S/C16H18N2O4/c1-21-11-6-7-12(15-17-9-13(18-15)16(19)20)14(8-11)22-10-4-2-3-5-10/h6-10H,2-5H2,1H3,(H,17,18)(H,19,20). The first-order valence-electron chi connectivity index (χ1n) is 7.30. The Balaban J connectivity index is 1.95. The van der Waals surface area contributed by atoms with Crippen molar-refractivity contribution in [2.45, 2.75) is 31.8 Å². The fourth-order valence-corrected chi connectivity index (χ4v) is 2.68. The number of aromatic amines is 1. The Morgan fingerprint density at radius 1 is 1.36 bits per heavy atom. The SMILES string of the molecule is COc1ccc(-c2ncc(C(=O)O)[nH]2)c(OC2CCCC2)c1. The predicted molar refractivity (Wildman–Crippen MR) is 80.4 cm³/mol. The molecule has 1 aliphatic rings. The molecular weight excluding hydrogens is 284 g/mol. The second kappa shape index (κ2) is 6.09. The summed E-state index contributed by atoms with van der Waals surface area (Å²) in [6.07, 6.45) is 5.92. The third-order valence-corrected chi connectivity index (χ3v) is 3.85. The zero-order chi connectivity index (χ0) is 15.5. The van der Waals surface area contributed by atoms with Gasteiger partial charge in [0.25, 0.3) is 0 Å². The first-order valence-corrected chi connectivity index (χ1v) is 7.30. The van der Waals surface area contributed by atoms with Gasteiger partial charge in [-0.25, -0.2) is 9.78 Å². The second-order valence-electron chi connectivity index (χ2n) is 5.34. The molecule has 1 fully saturated rings. The van der Waals surface area contributed by atoms with Gasteiger partial charge in [-0.1, -0.05) is 0 Å². The van der Waals surface area contributed by atoms with Crippen LogP contribution in [0.1, 0.15) is 36.2 Å². The Bertz CT molecular complexity index is 675. The van der Waals surface area contributed by atoms with Crippen molar-refractivity contribution in [1.82, 2.24) is 9.97 Å². The minimum absolute atomic E-state index is 0.0534. The van der Waals surface area contributed by atoms with E-state index in [4.69, 9.17) is 14.6 Å². The Morgan fingerprint density at radius 2 is 2.14 bits per heavy atom. The highest BCUT2D eigenvalue weighted by molar-refractivity contribution is 5.86. The molecule has 1 saturated carbocycles. The monoisotopic (exact) mass is 302 g/mol. The van der Waals surface area contributed by atoms with Crippen LogP contribution in [0.4, 0.5) is 0 Å². The van der Waals surface area contributed by atoms with Crippen molar-refractivity contribution in [1.29, 1.82) is 0 Å². The number of nitrogens with zero attached hydrogens (tertiary/aromatic N) is 1. The van der Waals surface area contributed by atoms with Crippen LogP contribution >= 0.6 is 0 Å². The molecule has 6 nitrogen and oxygen atoms in total. The molecule has 0 unspecified atom stereocenters. The molecule has 0 spiro atoms. The molecule has 1 aliphatic carbocycles. The quantitative estimate of drug-likeness (QED) is 0.886. The Morgan fingerprint density at radius 3 is 2.77 bits per heavy atom. The van der Waals surface area contributed by atoms with Gasteiger partial charge in [0.2, 0.25) is 0 Å². The average molecular weight is 302 g/mol. The van der Waals surface area contributed by atoms with Gasteiger partial charge in [-0.3, -0.25) is 0 Å². The number of benzene rings is 1. The number of hydrogen-bond donors (Lipinski definition) is 2. The van der Waals surface area contributed by atoms with Gasteiger partial charge in [0.05, 0.1) is 25.0 Å². The maximum absolute atomic E-state index is 11.0. The summed E-state index contributed by atoms with van der Waals surface area (Å²) in [7, 11) is 1.60.